The third kappa shape index (κ3) is 3.29. The number of nitrogens with two attached hydrogens (primary N) is 1. The van der Waals surface area contributed by atoms with Gasteiger partial charge in [-0.05, 0) is 43.4 Å². The van der Waals surface area contributed by atoms with Crippen molar-refractivity contribution in [1.29, 1.82) is 0 Å². The van der Waals surface area contributed by atoms with E-state index in [1.165, 1.54) is 0 Å². The number of rotatable bonds is 3. The molecule has 1 aliphatic heterocycles. The molecule has 1 saturated heterocycles. The second kappa shape index (κ2) is 5.94. The van der Waals surface area contributed by atoms with Gasteiger partial charge in [0.15, 0.2) is 0 Å². The van der Waals surface area contributed by atoms with Crippen LogP contribution in [0.2, 0.25) is 0 Å². The molecule has 108 valence electrons. The second-order valence-electron chi connectivity index (χ2n) is 5.43. The number of anilines is 1. The van der Waals surface area contributed by atoms with Crippen molar-refractivity contribution in [3.63, 3.8) is 0 Å². The molecule has 1 unspecified atom stereocenters. The molecule has 1 aliphatic rings. The number of nitrogens with zero attached hydrogens (tertiary/aromatic N) is 1. The average molecular weight is 276 g/mol. The average Bonchev–Trinajstić information content (AvgIpc) is 2.40. The number of aliphatic carboxylic acids is 1. The van der Waals surface area contributed by atoms with Crippen molar-refractivity contribution in [2.45, 2.75) is 26.2 Å². The number of amides is 1. The summed E-state index contributed by atoms with van der Waals surface area (Å²) in [5.74, 6) is -0.816. The molecule has 1 atom stereocenters. The van der Waals surface area contributed by atoms with Crippen LogP contribution in [0.1, 0.15) is 35.2 Å². The molecule has 1 heterocycles. The number of piperidine rings is 1. The molecule has 0 aromatic heterocycles. The minimum atomic E-state index is -0.802. The summed E-state index contributed by atoms with van der Waals surface area (Å²) in [6.45, 7) is 3.09. The van der Waals surface area contributed by atoms with E-state index in [2.05, 4.69) is 0 Å². The molecule has 1 fully saturated rings. The smallest absolute Gasteiger partial charge is 0.303 e. The Kier molecular flexibility index (Phi) is 4.27. The number of carbonyl (C=O) groups is 2. The third-order valence-electron chi connectivity index (χ3n) is 3.80. The van der Waals surface area contributed by atoms with Gasteiger partial charge < -0.3 is 15.7 Å². The number of carbonyl (C=O) groups excluding carboxylic acids is 1. The molecule has 1 aromatic rings. The zero-order chi connectivity index (χ0) is 14.7. The van der Waals surface area contributed by atoms with Gasteiger partial charge in [0.25, 0.3) is 5.91 Å². The summed E-state index contributed by atoms with van der Waals surface area (Å²) in [6.07, 6.45) is 1.84. The molecule has 0 bridgehead atoms. The van der Waals surface area contributed by atoms with E-state index in [4.69, 9.17) is 10.8 Å². The molecule has 0 radical (unpaired) electrons. The summed E-state index contributed by atoms with van der Waals surface area (Å²) in [4.78, 5) is 24.9. The predicted octanol–water partition coefficient (Wildman–Crippen LogP) is 1.90. The quantitative estimate of drug-likeness (QED) is 0.826. The van der Waals surface area contributed by atoms with Crippen molar-refractivity contribution in [1.82, 2.24) is 4.90 Å². The lowest BCUT2D eigenvalue weighted by atomic mass is 9.94. The van der Waals surface area contributed by atoms with Crippen molar-refractivity contribution < 1.29 is 14.7 Å². The lowest BCUT2D eigenvalue weighted by Gasteiger charge is -2.32. The molecular weight excluding hydrogens is 256 g/mol. The molecule has 5 heteroatoms. The molecular formula is C15H20N2O3. The second-order valence-corrected chi connectivity index (χ2v) is 5.43. The molecule has 2 rings (SSSR count). The van der Waals surface area contributed by atoms with Crippen molar-refractivity contribution in [3.05, 3.63) is 29.3 Å². The van der Waals surface area contributed by atoms with Crippen LogP contribution in [-0.2, 0) is 4.79 Å². The van der Waals surface area contributed by atoms with Crippen molar-refractivity contribution in [3.8, 4) is 0 Å². The van der Waals surface area contributed by atoms with Gasteiger partial charge in [0, 0.05) is 30.8 Å². The number of aryl methyl sites for hydroxylation is 1. The highest BCUT2D eigenvalue weighted by Crippen LogP contribution is 2.22. The van der Waals surface area contributed by atoms with E-state index in [9.17, 15) is 9.59 Å². The van der Waals surface area contributed by atoms with Crippen LogP contribution in [0.5, 0.6) is 0 Å². The van der Waals surface area contributed by atoms with E-state index >= 15 is 0 Å². The van der Waals surface area contributed by atoms with E-state index in [-0.39, 0.29) is 18.2 Å². The zero-order valence-corrected chi connectivity index (χ0v) is 11.6. The summed E-state index contributed by atoms with van der Waals surface area (Å²) in [5.41, 5.74) is 7.96. The zero-order valence-electron chi connectivity index (χ0n) is 11.6. The van der Waals surface area contributed by atoms with Crippen molar-refractivity contribution >= 4 is 17.6 Å². The maximum Gasteiger partial charge on any atom is 0.303 e. The maximum atomic E-state index is 12.4. The van der Waals surface area contributed by atoms with Crippen LogP contribution in [0.3, 0.4) is 0 Å². The third-order valence-corrected chi connectivity index (χ3v) is 3.80. The highest BCUT2D eigenvalue weighted by molar-refractivity contribution is 5.95. The molecule has 5 nitrogen and oxygen atoms in total. The fourth-order valence-electron chi connectivity index (χ4n) is 2.62. The maximum absolute atomic E-state index is 12.4. The summed E-state index contributed by atoms with van der Waals surface area (Å²) < 4.78 is 0. The highest BCUT2D eigenvalue weighted by Gasteiger charge is 2.26. The predicted molar refractivity (Wildman–Crippen MR) is 76.5 cm³/mol. The Balaban J connectivity index is 2.08. The largest absolute Gasteiger partial charge is 0.481 e. The first-order valence-corrected chi connectivity index (χ1v) is 6.84. The first-order chi connectivity index (χ1) is 9.47. The van der Waals surface area contributed by atoms with Crippen LogP contribution in [-0.4, -0.2) is 35.0 Å². The Morgan fingerprint density at radius 3 is 2.85 bits per heavy atom. The first kappa shape index (κ1) is 14.4. The van der Waals surface area contributed by atoms with Gasteiger partial charge >= 0.3 is 5.97 Å². The first-order valence-electron chi connectivity index (χ1n) is 6.84. The molecule has 0 saturated carbocycles. The number of hydrogen-bond donors (Lipinski definition) is 2. The Hall–Kier alpha value is -2.04. The van der Waals surface area contributed by atoms with Crippen LogP contribution in [0.4, 0.5) is 5.69 Å². The van der Waals surface area contributed by atoms with Gasteiger partial charge in [-0.1, -0.05) is 6.07 Å². The van der Waals surface area contributed by atoms with Gasteiger partial charge in [0.2, 0.25) is 0 Å². The Morgan fingerprint density at radius 2 is 2.20 bits per heavy atom. The number of carboxylic acids is 1. The highest BCUT2D eigenvalue weighted by atomic mass is 16.4. The Labute approximate surface area is 118 Å². The van der Waals surface area contributed by atoms with E-state index in [1.54, 1.807) is 17.0 Å². The van der Waals surface area contributed by atoms with Crippen LogP contribution in [0.25, 0.3) is 0 Å². The molecule has 1 aromatic carbocycles. The van der Waals surface area contributed by atoms with Crippen LogP contribution >= 0.6 is 0 Å². The van der Waals surface area contributed by atoms with Crippen molar-refractivity contribution in [2.75, 3.05) is 18.8 Å². The minimum Gasteiger partial charge on any atom is -0.481 e. The SMILES string of the molecule is Cc1ccc(C(=O)N2CCCC(CC(=O)O)C2)cc1N. The van der Waals surface area contributed by atoms with Crippen LogP contribution in [0.15, 0.2) is 18.2 Å². The van der Waals surface area contributed by atoms with Crippen molar-refractivity contribution in [2.24, 2.45) is 5.92 Å². The van der Waals surface area contributed by atoms with Gasteiger partial charge in [-0.3, -0.25) is 9.59 Å². The number of hydrogen-bond acceptors (Lipinski definition) is 3. The number of nitrogen functional groups attached to an aromatic ring is 1. The fraction of sp³-hybridized carbons (Fsp3) is 0.467. The van der Waals surface area contributed by atoms with Crippen LogP contribution < -0.4 is 5.73 Å². The number of carboxylic acid groups (broad SMARTS) is 1. The van der Waals surface area contributed by atoms with Gasteiger partial charge in [-0.2, -0.15) is 0 Å². The normalized spacial score (nSPS) is 18.9. The fourth-order valence-corrected chi connectivity index (χ4v) is 2.62. The van der Waals surface area contributed by atoms with Gasteiger partial charge in [0.1, 0.15) is 0 Å². The summed E-state index contributed by atoms with van der Waals surface area (Å²) >= 11 is 0. The summed E-state index contributed by atoms with van der Waals surface area (Å²) in [6, 6.07) is 5.30. The molecule has 1 amide bonds. The molecule has 0 spiro atoms. The van der Waals surface area contributed by atoms with E-state index < -0.39 is 5.97 Å². The lowest BCUT2D eigenvalue weighted by molar-refractivity contribution is -0.138. The van der Waals surface area contributed by atoms with E-state index in [0.29, 0.717) is 24.3 Å². The van der Waals surface area contributed by atoms with Crippen LogP contribution in [0, 0.1) is 12.8 Å². The standard InChI is InChI=1S/C15H20N2O3/c1-10-4-5-12(8-13(10)16)15(20)17-6-2-3-11(9-17)7-14(18)19/h4-5,8,11H,2-3,6-7,9,16H2,1H3,(H,18,19). The van der Waals surface area contributed by atoms with E-state index in [1.807, 2.05) is 13.0 Å². The van der Waals surface area contributed by atoms with Gasteiger partial charge in [-0.25, -0.2) is 0 Å². The molecule has 20 heavy (non-hydrogen) atoms. The lowest BCUT2D eigenvalue weighted by Crippen LogP contribution is -2.40. The minimum absolute atomic E-state index is 0.0491. The summed E-state index contributed by atoms with van der Waals surface area (Å²) in [5, 5.41) is 8.85. The van der Waals surface area contributed by atoms with Gasteiger partial charge in [-0.15, -0.1) is 0 Å². The number of likely N-dealkylation sites (tertiary alicyclic amines) is 1. The molecule has 3 N–H and O–H groups in total. The topological polar surface area (TPSA) is 83.6 Å². The number of benzene rings is 1. The Morgan fingerprint density at radius 1 is 1.45 bits per heavy atom. The van der Waals surface area contributed by atoms with Gasteiger partial charge in [0.05, 0.1) is 0 Å². The summed E-state index contributed by atoms with van der Waals surface area (Å²) in [7, 11) is 0. The Bertz CT molecular complexity index is 528. The monoisotopic (exact) mass is 276 g/mol. The van der Waals surface area contributed by atoms with E-state index in [0.717, 1.165) is 18.4 Å². The molecule has 0 aliphatic carbocycles.